The molecule has 0 saturated heterocycles. The minimum atomic E-state index is -0.461. The Morgan fingerprint density at radius 3 is 2.52 bits per heavy atom. The molecule has 7 nitrogen and oxygen atoms in total. The fourth-order valence-electron chi connectivity index (χ4n) is 2.57. The van der Waals surface area contributed by atoms with E-state index in [4.69, 9.17) is 5.73 Å². The SMILES string of the molecule is CC(Nc1nc(-c2c(N)n(C)c(=O)n(C)c2=O)cs1)c1ccccc1. The molecule has 1 aromatic carbocycles. The predicted molar refractivity (Wildman–Crippen MR) is 101 cm³/mol. The van der Waals surface area contributed by atoms with Crippen LogP contribution >= 0.6 is 11.3 Å². The van der Waals surface area contributed by atoms with Crippen molar-refractivity contribution >= 4 is 22.3 Å². The molecule has 2 heterocycles. The average molecular weight is 357 g/mol. The highest BCUT2D eigenvalue weighted by Gasteiger charge is 2.18. The van der Waals surface area contributed by atoms with Crippen LogP contribution in [0.25, 0.3) is 11.3 Å². The molecule has 0 saturated carbocycles. The lowest BCUT2D eigenvalue weighted by atomic mass is 10.1. The van der Waals surface area contributed by atoms with Crippen molar-refractivity contribution in [3.8, 4) is 11.3 Å². The minimum absolute atomic E-state index is 0.0699. The first-order chi connectivity index (χ1) is 11.9. The van der Waals surface area contributed by atoms with E-state index in [1.54, 1.807) is 5.38 Å². The summed E-state index contributed by atoms with van der Waals surface area (Å²) in [5, 5.41) is 5.76. The van der Waals surface area contributed by atoms with E-state index < -0.39 is 11.2 Å². The quantitative estimate of drug-likeness (QED) is 0.744. The number of anilines is 2. The normalized spacial score (nSPS) is 12.1. The topological polar surface area (TPSA) is 94.9 Å². The van der Waals surface area contributed by atoms with Crippen molar-refractivity contribution in [1.82, 2.24) is 14.1 Å². The molecule has 0 aliphatic rings. The van der Waals surface area contributed by atoms with E-state index in [0.717, 1.165) is 10.1 Å². The van der Waals surface area contributed by atoms with Crippen molar-refractivity contribution in [3.63, 3.8) is 0 Å². The van der Waals surface area contributed by atoms with Gasteiger partial charge in [-0.25, -0.2) is 9.78 Å². The van der Waals surface area contributed by atoms with Gasteiger partial charge in [0.05, 0.1) is 11.7 Å². The third-order valence-electron chi connectivity index (χ3n) is 4.11. The van der Waals surface area contributed by atoms with Gasteiger partial charge in [0, 0.05) is 19.5 Å². The Bertz CT molecular complexity index is 1020. The molecule has 0 radical (unpaired) electrons. The van der Waals surface area contributed by atoms with Crippen molar-refractivity contribution in [2.45, 2.75) is 13.0 Å². The maximum atomic E-state index is 12.4. The number of nitrogen functional groups attached to an aromatic ring is 1. The third-order valence-corrected chi connectivity index (χ3v) is 4.88. The Hall–Kier alpha value is -2.87. The highest BCUT2D eigenvalue weighted by Crippen LogP contribution is 2.28. The van der Waals surface area contributed by atoms with Gasteiger partial charge in [-0.2, -0.15) is 0 Å². The Morgan fingerprint density at radius 1 is 1.16 bits per heavy atom. The van der Waals surface area contributed by atoms with Gasteiger partial charge in [-0.15, -0.1) is 11.3 Å². The number of hydrogen-bond acceptors (Lipinski definition) is 6. The Labute approximate surface area is 148 Å². The molecule has 0 amide bonds. The highest BCUT2D eigenvalue weighted by atomic mass is 32.1. The molecule has 0 bridgehead atoms. The average Bonchev–Trinajstić information content (AvgIpc) is 3.07. The molecule has 0 aliphatic heterocycles. The molecule has 130 valence electrons. The molecule has 3 rings (SSSR count). The molecule has 1 unspecified atom stereocenters. The van der Waals surface area contributed by atoms with Gasteiger partial charge in [-0.05, 0) is 12.5 Å². The van der Waals surface area contributed by atoms with Crippen LogP contribution in [0.15, 0.2) is 45.3 Å². The summed E-state index contributed by atoms with van der Waals surface area (Å²) in [7, 11) is 2.96. The van der Waals surface area contributed by atoms with Gasteiger partial charge in [0.25, 0.3) is 5.56 Å². The first-order valence-electron chi connectivity index (χ1n) is 7.73. The van der Waals surface area contributed by atoms with Gasteiger partial charge in [-0.1, -0.05) is 30.3 Å². The summed E-state index contributed by atoms with van der Waals surface area (Å²) in [5.74, 6) is 0.112. The fourth-order valence-corrected chi connectivity index (χ4v) is 3.36. The number of nitrogens with two attached hydrogens (primary N) is 1. The van der Waals surface area contributed by atoms with Crippen LogP contribution < -0.4 is 22.3 Å². The van der Waals surface area contributed by atoms with Gasteiger partial charge in [-0.3, -0.25) is 13.9 Å². The standard InChI is InChI=1S/C17H19N5O2S/c1-10(11-7-5-4-6-8-11)19-16-20-12(9-25-16)13-14(18)21(2)17(24)22(3)15(13)23/h4-10H,18H2,1-3H3,(H,19,20). The first kappa shape index (κ1) is 17.0. The number of nitrogens with one attached hydrogen (secondary N) is 1. The van der Waals surface area contributed by atoms with Crippen molar-refractivity contribution in [3.05, 3.63) is 62.1 Å². The summed E-state index contributed by atoms with van der Waals surface area (Å²) in [5.41, 5.74) is 6.90. The van der Waals surface area contributed by atoms with Crippen LogP contribution in [0, 0.1) is 0 Å². The zero-order valence-electron chi connectivity index (χ0n) is 14.2. The van der Waals surface area contributed by atoms with Crippen molar-refractivity contribution in [1.29, 1.82) is 0 Å². The molecule has 3 N–H and O–H groups in total. The summed E-state index contributed by atoms with van der Waals surface area (Å²) >= 11 is 1.39. The second-order valence-electron chi connectivity index (χ2n) is 5.78. The van der Waals surface area contributed by atoms with E-state index >= 15 is 0 Å². The van der Waals surface area contributed by atoms with Crippen LogP contribution in [0.5, 0.6) is 0 Å². The number of benzene rings is 1. The van der Waals surface area contributed by atoms with Crippen molar-refractivity contribution in [2.24, 2.45) is 14.1 Å². The number of thiazole rings is 1. The smallest absolute Gasteiger partial charge is 0.332 e. The van der Waals surface area contributed by atoms with E-state index in [1.807, 2.05) is 37.3 Å². The van der Waals surface area contributed by atoms with Crippen LogP contribution in [-0.4, -0.2) is 14.1 Å². The molecule has 3 aromatic rings. The van der Waals surface area contributed by atoms with Crippen molar-refractivity contribution in [2.75, 3.05) is 11.1 Å². The largest absolute Gasteiger partial charge is 0.384 e. The summed E-state index contributed by atoms with van der Waals surface area (Å²) in [6, 6.07) is 10.1. The molecule has 1 atom stereocenters. The molecule has 0 fully saturated rings. The van der Waals surface area contributed by atoms with E-state index in [2.05, 4.69) is 10.3 Å². The van der Waals surface area contributed by atoms with Gasteiger partial charge >= 0.3 is 5.69 Å². The molecule has 2 aromatic heterocycles. The maximum absolute atomic E-state index is 12.4. The van der Waals surface area contributed by atoms with Gasteiger partial charge in [0.15, 0.2) is 5.13 Å². The second-order valence-corrected chi connectivity index (χ2v) is 6.64. The molecular formula is C17H19N5O2S. The number of nitrogens with zero attached hydrogens (tertiary/aromatic N) is 3. The molecular weight excluding hydrogens is 338 g/mol. The van der Waals surface area contributed by atoms with Crippen LogP contribution in [-0.2, 0) is 14.1 Å². The number of aromatic nitrogens is 3. The molecule has 0 aliphatic carbocycles. The zero-order chi connectivity index (χ0) is 18.1. The number of rotatable bonds is 4. The second kappa shape index (κ2) is 6.56. The summed E-state index contributed by atoms with van der Waals surface area (Å²) in [6.07, 6.45) is 0. The van der Waals surface area contributed by atoms with Gasteiger partial charge in [0.1, 0.15) is 11.4 Å². The Balaban J connectivity index is 1.95. The summed E-state index contributed by atoms with van der Waals surface area (Å²) < 4.78 is 2.28. The predicted octanol–water partition coefficient (Wildman–Crippen LogP) is 1.96. The van der Waals surface area contributed by atoms with Crippen LogP contribution in [0.2, 0.25) is 0 Å². The van der Waals surface area contributed by atoms with Gasteiger partial charge < -0.3 is 11.1 Å². The Morgan fingerprint density at radius 2 is 1.84 bits per heavy atom. The van der Waals surface area contributed by atoms with Gasteiger partial charge in [0.2, 0.25) is 0 Å². The first-order valence-corrected chi connectivity index (χ1v) is 8.61. The highest BCUT2D eigenvalue weighted by molar-refractivity contribution is 7.14. The maximum Gasteiger partial charge on any atom is 0.332 e. The van der Waals surface area contributed by atoms with E-state index in [1.165, 1.54) is 30.0 Å². The van der Waals surface area contributed by atoms with Crippen molar-refractivity contribution < 1.29 is 0 Å². The molecule has 8 heteroatoms. The lowest BCUT2D eigenvalue weighted by molar-refractivity contribution is 0.696. The van der Waals surface area contributed by atoms with E-state index in [9.17, 15) is 9.59 Å². The minimum Gasteiger partial charge on any atom is -0.384 e. The third kappa shape index (κ3) is 3.08. The zero-order valence-corrected chi connectivity index (χ0v) is 15.0. The lowest BCUT2D eigenvalue weighted by Gasteiger charge is -2.13. The monoisotopic (exact) mass is 357 g/mol. The lowest BCUT2D eigenvalue weighted by Crippen LogP contribution is -2.39. The Kier molecular flexibility index (Phi) is 4.45. The molecule has 25 heavy (non-hydrogen) atoms. The van der Waals surface area contributed by atoms with Crippen LogP contribution in [0.1, 0.15) is 18.5 Å². The molecule has 0 spiro atoms. The fraction of sp³-hybridized carbons (Fsp3) is 0.235. The van der Waals surface area contributed by atoms with E-state index in [0.29, 0.717) is 10.8 Å². The number of hydrogen-bond donors (Lipinski definition) is 2. The van der Waals surface area contributed by atoms with Crippen LogP contribution in [0.3, 0.4) is 0 Å². The summed E-state index contributed by atoms with van der Waals surface area (Å²) in [4.78, 5) is 28.8. The van der Waals surface area contributed by atoms with Crippen LogP contribution in [0.4, 0.5) is 10.9 Å². The van der Waals surface area contributed by atoms with E-state index in [-0.39, 0.29) is 17.4 Å². The summed E-state index contributed by atoms with van der Waals surface area (Å²) in [6.45, 7) is 2.04.